The van der Waals surface area contributed by atoms with E-state index in [9.17, 15) is 39.0 Å². The third kappa shape index (κ3) is 9.26. The highest BCUT2D eigenvalue weighted by Gasteiger charge is 2.44. The number of halogens is 1. The van der Waals surface area contributed by atoms with E-state index < -0.39 is 54.3 Å². The van der Waals surface area contributed by atoms with E-state index in [1.165, 1.54) is 72.0 Å². The number of carbonyl (C=O) groups is 6. The highest BCUT2D eigenvalue weighted by molar-refractivity contribution is 6.30. The van der Waals surface area contributed by atoms with Gasteiger partial charge >= 0.3 is 30.0 Å². The Balaban J connectivity index is 0.000000205. The van der Waals surface area contributed by atoms with Crippen molar-refractivity contribution in [1.82, 2.24) is 24.8 Å². The maximum atomic E-state index is 12.8. The average molecular weight is 747 g/mol. The van der Waals surface area contributed by atoms with Gasteiger partial charge in [-0.05, 0) is 43.4 Å². The molecule has 0 bridgehead atoms. The maximum Gasteiger partial charge on any atom is 0.412 e. The Hall–Kier alpha value is -6.46. The summed E-state index contributed by atoms with van der Waals surface area (Å²) in [6.07, 6.45) is -1.65. The molecule has 1 fully saturated rings. The molecule has 3 atom stereocenters. The Morgan fingerprint density at radius 2 is 1.28 bits per heavy atom. The number of hydrogen-bond donors (Lipinski definition) is 2. The number of hydrogen-bond acceptors (Lipinski definition) is 13. The van der Waals surface area contributed by atoms with Crippen LogP contribution in [0.15, 0.2) is 91.4 Å². The van der Waals surface area contributed by atoms with E-state index >= 15 is 0 Å². The van der Waals surface area contributed by atoms with Crippen molar-refractivity contribution in [1.29, 1.82) is 0 Å². The summed E-state index contributed by atoms with van der Waals surface area (Å²) in [7, 11) is 2.00. The first-order chi connectivity index (χ1) is 25.4. The number of nitrogens with zero attached hydrogens (tertiary/aromatic N) is 6. The molecule has 6 rings (SSSR count). The van der Waals surface area contributed by atoms with Gasteiger partial charge in [-0.3, -0.25) is 9.78 Å². The highest BCUT2D eigenvalue weighted by atomic mass is 35.5. The molecule has 4 aromatic rings. The second-order valence-corrected chi connectivity index (χ2v) is 11.8. The van der Waals surface area contributed by atoms with Gasteiger partial charge in [-0.25, -0.2) is 38.8 Å². The number of benzene rings is 2. The number of ether oxygens (including phenoxy) is 3. The van der Waals surface area contributed by atoms with Crippen LogP contribution in [0.4, 0.5) is 10.6 Å². The van der Waals surface area contributed by atoms with Gasteiger partial charge in [0.25, 0.3) is 5.91 Å². The Morgan fingerprint density at radius 3 is 1.77 bits per heavy atom. The molecule has 17 nitrogen and oxygen atoms in total. The summed E-state index contributed by atoms with van der Waals surface area (Å²) in [4.78, 5) is 89.9. The van der Waals surface area contributed by atoms with Gasteiger partial charge in [0.1, 0.15) is 11.5 Å². The summed E-state index contributed by atoms with van der Waals surface area (Å²) in [5.41, 5.74) is 0.488. The van der Waals surface area contributed by atoms with Crippen LogP contribution in [-0.4, -0.2) is 116 Å². The normalized spacial score (nSPS) is 16.3. The number of carboxylic acids is 2. The number of likely N-dealkylation sites (N-methyl/N-ethyl adjacent to an activating group) is 1. The van der Waals surface area contributed by atoms with Crippen molar-refractivity contribution in [2.45, 2.75) is 18.4 Å². The van der Waals surface area contributed by atoms with Crippen LogP contribution in [0.5, 0.6) is 0 Å². The molecule has 274 valence electrons. The van der Waals surface area contributed by atoms with Gasteiger partial charge in [0.15, 0.2) is 5.69 Å². The van der Waals surface area contributed by atoms with Crippen LogP contribution in [0.25, 0.3) is 0 Å². The number of fused-ring (bicyclic) bond motifs is 1. The van der Waals surface area contributed by atoms with Crippen molar-refractivity contribution >= 4 is 53.3 Å². The molecule has 2 aliphatic rings. The summed E-state index contributed by atoms with van der Waals surface area (Å²) < 4.78 is 15.2. The molecule has 18 heteroatoms. The first-order valence-corrected chi connectivity index (χ1v) is 16.2. The van der Waals surface area contributed by atoms with Crippen LogP contribution >= 0.6 is 11.6 Å². The first kappa shape index (κ1) is 37.8. The van der Waals surface area contributed by atoms with Crippen LogP contribution < -0.4 is 4.90 Å². The number of aromatic nitrogens is 3. The molecule has 0 unspecified atom stereocenters. The molecule has 2 aromatic heterocycles. The lowest BCUT2D eigenvalue weighted by Gasteiger charge is -2.33. The minimum absolute atomic E-state index is 0.0253. The number of esters is 2. The van der Waals surface area contributed by atoms with Crippen molar-refractivity contribution in [3.63, 3.8) is 0 Å². The monoisotopic (exact) mass is 746 g/mol. The molecule has 2 amide bonds. The van der Waals surface area contributed by atoms with Crippen molar-refractivity contribution in [2.75, 3.05) is 38.1 Å². The van der Waals surface area contributed by atoms with Gasteiger partial charge in [-0.15, -0.1) is 0 Å². The zero-order valence-electron chi connectivity index (χ0n) is 27.9. The van der Waals surface area contributed by atoms with Crippen LogP contribution in [0.1, 0.15) is 43.1 Å². The molecule has 0 radical (unpaired) electrons. The Labute approximate surface area is 306 Å². The lowest BCUT2D eigenvalue weighted by molar-refractivity contribution is -0.166. The summed E-state index contributed by atoms with van der Waals surface area (Å²) in [5, 5.41) is 18.9. The van der Waals surface area contributed by atoms with Gasteiger partial charge in [0, 0.05) is 44.8 Å². The summed E-state index contributed by atoms with van der Waals surface area (Å²) >= 11 is 5.89. The third-order valence-corrected chi connectivity index (χ3v) is 8.02. The number of amides is 2. The molecule has 2 N–H and O–H groups in total. The summed E-state index contributed by atoms with van der Waals surface area (Å²) in [6, 6.07) is 18.0. The molecule has 0 aliphatic carbocycles. The number of anilines is 1. The molecule has 2 aliphatic heterocycles. The minimum Gasteiger partial charge on any atom is -0.478 e. The second kappa shape index (κ2) is 17.2. The molecule has 4 heterocycles. The molecule has 53 heavy (non-hydrogen) atoms. The van der Waals surface area contributed by atoms with Crippen molar-refractivity contribution in [3.8, 4) is 0 Å². The third-order valence-electron chi connectivity index (χ3n) is 7.80. The number of carbonyl (C=O) groups excluding carboxylic acids is 4. The van der Waals surface area contributed by atoms with Gasteiger partial charge in [0.2, 0.25) is 18.4 Å². The van der Waals surface area contributed by atoms with Gasteiger partial charge in [-0.2, -0.15) is 0 Å². The van der Waals surface area contributed by atoms with Crippen molar-refractivity contribution in [3.05, 3.63) is 119 Å². The van der Waals surface area contributed by atoms with Crippen molar-refractivity contribution < 1.29 is 53.2 Å². The fourth-order valence-corrected chi connectivity index (χ4v) is 5.15. The highest BCUT2D eigenvalue weighted by Crippen LogP contribution is 2.36. The zero-order chi connectivity index (χ0) is 38.1. The first-order valence-electron chi connectivity index (χ1n) is 15.8. The predicted molar refractivity (Wildman–Crippen MR) is 183 cm³/mol. The largest absolute Gasteiger partial charge is 0.478 e. The van der Waals surface area contributed by atoms with E-state index in [1.807, 2.05) is 7.05 Å². The van der Waals surface area contributed by atoms with Crippen molar-refractivity contribution in [2.24, 2.45) is 0 Å². The summed E-state index contributed by atoms with van der Waals surface area (Å²) in [6.45, 7) is 2.64. The molecule has 1 saturated heterocycles. The van der Waals surface area contributed by atoms with Gasteiger partial charge in [0.05, 0.1) is 16.1 Å². The quantitative estimate of drug-likeness (QED) is 0.186. The number of rotatable bonds is 9. The summed E-state index contributed by atoms with van der Waals surface area (Å²) in [5.74, 6) is -5.76. The number of piperazine rings is 1. The number of pyridine rings is 1. The van der Waals surface area contributed by atoms with Crippen LogP contribution in [0.3, 0.4) is 0 Å². The van der Waals surface area contributed by atoms with Crippen LogP contribution in [0.2, 0.25) is 5.02 Å². The minimum atomic E-state index is -2.21. The van der Waals surface area contributed by atoms with E-state index in [1.54, 1.807) is 29.2 Å². The molecule has 0 saturated carbocycles. The molecular formula is C35H31ClN6O11. The van der Waals surface area contributed by atoms with Gasteiger partial charge in [-0.1, -0.05) is 48.0 Å². The standard InChI is InChI=1S/C18H14O8.C17H17ClN6O3/c19-15(20)13(25-17(23)11-7-3-1-4-8-11)14(16(21)22)26-18(24)12-9-5-2-6-10-12;1-22-6-8-23(9-7-22)17(26)27-16-14-13(19-4-5-20-14)15(25)24(16)12-3-2-11(18)10-21-12/h1-10,13-14H,(H,19,20)(H,21,22);2-5,10,16H,6-9H2,1H3/t13-,14-;16-/m00/s1. The number of carboxylic acid groups (broad SMARTS) is 2. The maximum absolute atomic E-state index is 12.8. The number of aliphatic carboxylic acids is 2. The fourth-order valence-electron chi connectivity index (χ4n) is 5.04. The zero-order valence-corrected chi connectivity index (χ0v) is 28.6. The van der Waals surface area contributed by atoms with E-state index in [0.717, 1.165) is 13.1 Å². The molecule has 2 aromatic carbocycles. The van der Waals surface area contributed by atoms with Crippen LogP contribution in [-0.2, 0) is 23.8 Å². The van der Waals surface area contributed by atoms with E-state index in [4.69, 9.17) is 25.8 Å². The lowest BCUT2D eigenvalue weighted by Crippen LogP contribution is -2.48. The molecule has 0 spiro atoms. The lowest BCUT2D eigenvalue weighted by atomic mass is 10.1. The Kier molecular flexibility index (Phi) is 12.2. The van der Waals surface area contributed by atoms with E-state index in [-0.39, 0.29) is 16.8 Å². The van der Waals surface area contributed by atoms with Gasteiger partial charge < -0.3 is 34.2 Å². The van der Waals surface area contributed by atoms with E-state index in [2.05, 4.69) is 19.9 Å². The van der Waals surface area contributed by atoms with Crippen LogP contribution in [0, 0.1) is 0 Å². The smallest absolute Gasteiger partial charge is 0.412 e. The average Bonchev–Trinajstić information content (AvgIpc) is 3.44. The predicted octanol–water partition coefficient (Wildman–Crippen LogP) is 3.17. The second-order valence-electron chi connectivity index (χ2n) is 11.4. The Morgan fingerprint density at radius 1 is 0.755 bits per heavy atom. The fraction of sp³-hybridized carbons (Fsp3) is 0.229. The SMILES string of the molecule is CN1CCN(C(=O)O[C@H]2c3nccnc3C(=O)N2c2ccc(Cl)cn2)CC1.O=C(O[C@H](C(=O)O)[C@H](OC(=O)c1ccccc1)C(=O)O)c1ccccc1. The topological polar surface area (TPSA) is 219 Å². The Bertz CT molecular complexity index is 1890. The molecular weight excluding hydrogens is 716 g/mol. The van der Waals surface area contributed by atoms with E-state index in [0.29, 0.717) is 29.6 Å².